The fourth-order valence-corrected chi connectivity index (χ4v) is 2.81. The van der Waals surface area contributed by atoms with Crippen LogP contribution < -0.4 is 5.32 Å². The number of aliphatic imine (C=N–C) groups is 1. The minimum absolute atomic E-state index is 0.137. The number of hydrogen-bond donors (Lipinski definition) is 1. The molecule has 1 amide bonds. The molecule has 0 unspecified atom stereocenters. The van der Waals surface area contributed by atoms with Crippen LogP contribution in [0.2, 0.25) is 15.1 Å². The molecule has 4 nitrogen and oxygen atoms in total. The van der Waals surface area contributed by atoms with Gasteiger partial charge in [0.1, 0.15) is 11.8 Å². The van der Waals surface area contributed by atoms with Crippen LogP contribution in [0.4, 0.5) is 11.4 Å². The Labute approximate surface area is 140 Å². The molecule has 0 radical (unpaired) electrons. The SMILES string of the molecule is N#Cc1ccc(Cl)cc1N=C1C(=O)Nc2c(Cl)cc(Cl)cc21. The van der Waals surface area contributed by atoms with Crippen LogP contribution in [-0.2, 0) is 4.79 Å². The topological polar surface area (TPSA) is 65.2 Å². The van der Waals surface area contributed by atoms with Gasteiger partial charge in [0.2, 0.25) is 0 Å². The first-order valence-corrected chi connectivity index (χ1v) is 7.22. The number of halogens is 3. The maximum atomic E-state index is 12.1. The molecule has 22 heavy (non-hydrogen) atoms. The van der Waals surface area contributed by atoms with Gasteiger partial charge in [-0.15, -0.1) is 0 Å². The van der Waals surface area contributed by atoms with Crippen LogP contribution in [0, 0.1) is 11.3 Å². The van der Waals surface area contributed by atoms with Gasteiger partial charge in [0, 0.05) is 15.6 Å². The van der Waals surface area contributed by atoms with Gasteiger partial charge < -0.3 is 5.32 Å². The summed E-state index contributed by atoms with van der Waals surface area (Å²) in [6, 6.07) is 9.78. The molecule has 108 valence electrons. The number of anilines is 1. The number of amides is 1. The zero-order chi connectivity index (χ0) is 15.9. The predicted octanol–water partition coefficient (Wildman–Crippen LogP) is 4.59. The predicted molar refractivity (Wildman–Crippen MR) is 87.5 cm³/mol. The second-order valence-electron chi connectivity index (χ2n) is 4.50. The molecule has 0 saturated heterocycles. The molecule has 2 aromatic carbocycles. The highest BCUT2D eigenvalue weighted by molar-refractivity contribution is 6.56. The molecule has 0 atom stereocenters. The Morgan fingerprint density at radius 1 is 1.09 bits per heavy atom. The van der Waals surface area contributed by atoms with Crippen molar-refractivity contribution in [3.63, 3.8) is 0 Å². The van der Waals surface area contributed by atoms with Crippen molar-refractivity contribution in [3.05, 3.63) is 56.5 Å². The molecule has 7 heteroatoms. The Morgan fingerprint density at radius 3 is 2.59 bits per heavy atom. The molecule has 1 N–H and O–H groups in total. The Balaban J connectivity index is 2.21. The summed E-state index contributed by atoms with van der Waals surface area (Å²) in [6.45, 7) is 0. The highest BCUT2D eigenvalue weighted by atomic mass is 35.5. The fourth-order valence-electron chi connectivity index (χ4n) is 2.11. The molecular weight excluding hydrogens is 345 g/mol. The van der Waals surface area contributed by atoms with Crippen molar-refractivity contribution in [1.82, 2.24) is 0 Å². The third-order valence-corrected chi connectivity index (χ3v) is 3.83. The second-order valence-corrected chi connectivity index (χ2v) is 5.78. The summed E-state index contributed by atoms with van der Waals surface area (Å²) >= 11 is 18.0. The van der Waals surface area contributed by atoms with Crippen molar-refractivity contribution in [3.8, 4) is 6.07 Å². The summed E-state index contributed by atoms with van der Waals surface area (Å²) in [5.74, 6) is -0.414. The summed E-state index contributed by atoms with van der Waals surface area (Å²) in [6.07, 6.45) is 0. The zero-order valence-corrected chi connectivity index (χ0v) is 13.1. The first kappa shape index (κ1) is 14.9. The van der Waals surface area contributed by atoms with E-state index in [0.717, 1.165) is 0 Å². The van der Waals surface area contributed by atoms with E-state index in [4.69, 9.17) is 40.1 Å². The molecule has 3 rings (SSSR count). The molecule has 1 heterocycles. The second kappa shape index (κ2) is 5.62. The smallest absolute Gasteiger partial charge is 0.275 e. The van der Waals surface area contributed by atoms with Gasteiger partial charge in [-0.25, -0.2) is 4.99 Å². The van der Waals surface area contributed by atoms with Crippen molar-refractivity contribution in [1.29, 1.82) is 5.26 Å². The maximum Gasteiger partial charge on any atom is 0.275 e. The molecule has 1 aliphatic rings. The van der Waals surface area contributed by atoms with Crippen LogP contribution in [0.3, 0.4) is 0 Å². The standard InChI is InChI=1S/C15H6Cl3N3O/c16-8-2-1-7(6-19)12(5-8)20-14-10-3-9(17)4-11(18)13(10)21-15(14)22/h1-5H,(H,20,21,22). The van der Waals surface area contributed by atoms with E-state index >= 15 is 0 Å². The minimum atomic E-state index is -0.414. The average Bonchev–Trinajstić information content (AvgIpc) is 2.77. The Kier molecular flexibility index (Phi) is 3.79. The van der Waals surface area contributed by atoms with E-state index in [1.54, 1.807) is 18.2 Å². The number of carbonyl (C=O) groups is 1. The quantitative estimate of drug-likeness (QED) is 0.817. The highest BCUT2D eigenvalue weighted by Crippen LogP contribution is 2.35. The fraction of sp³-hybridized carbons (Fsp3) is 0. The maximum absolute atomic E-state index is 12.1. The van der Waals surface area contributed by atoms with Gasteiger partial charge >= 0.3 is 0 Å². The average molecular weight is 351 g/mol. The molecule has 1 aliphatic heterocycles. The molecule has 0 saturated carbocycles. The van der Waals surface area contributed by atoms with Crippen molar-refractivity contribution < 1.29 is 4.79 Å². The van der Waals surface area contributed by atoms with Crippen LogP contribution >= 0.6 is 34.8 Å². The van der Waals surface area contributed by atoms with Crippen molar-refractivity contribution in [2.24, 2.45) is 4.99 Å². The third-order valence-electron chi connectivity index (χ3n) is 3.08. The van der Waals surface area contributed by atoms with Crippen LogP contribution in [0.15, 0.2) is 35.3 Å². The molecule has 0 aromatic heterocycles. The molecular formula is C15H6Cl3N3O. The first-order chi connectivity index (χ1) is 10.5. The zero-order valence-electron chi connectivity index (χ0n) is 10.8. The van der Waals surface area contributed by atoms with Crippen molar-refractivity contribution >= 4 is 57.8 Å². The molecule has 0 aliphatic carbocycles. The lowest BCUT2D eigenvalue weighted by Crippen LogP contribution is -2.14. The summed E-state index contributed by atoms with van der Waals surface area (Å²) in [5, 5.41) is 12.9. The lowest BCUT2D eigenvalue weighted by atomic mass is 10.1. The summed E-state index contributed by atoms with van der Waals surface area (Å²) in [5.41, 5.74) is 1.70. The highest BCUT2D eigenvalue weighted by Gasteiger charge is 2.28. The number of fused-ring (bicyclic) bond motifs is 1. The Morgan fingerprint density at radius 2 is 1.86 bits per heavy atom. The monoisotopic (exact) mass is 349 g/mol. The van der Waals surface area contributed by atoms with E-state index in [-0.39, 0.29) is 5.71 Å². The minimum Gasteiger partial charge on any atom is -0.319 e. The van der Waals surface area contributed by atoms with E-state index in [1.807, 2.05) is 6.07 Å². The Bertz CT molecular complexity index is 884. The number of nitriles is 1. The van der Waals surface area contributed by atoms with E-state index in [2.05, 4.69) is 10.3 Å². The largest absolute Gasteiger partial charge is 0.319 e. The van der Waals surface area contributed by atoms with Crippen molar-refractivity contribution in [2.75, 3.05) is 5.32 Å². The first-order valence-electron chi connectivity index (χ1n) is 6.08. The van der Waals surface area contributed by atoms with E-state index in [0.29, 0.717) is 37.6 Å². The lowest BCUT2D eigenvalue weighted by Gasteiger charge is -2.03. The summed E-state index contributed by atoms with van der Waals surface area (Å²) in [4.78, 5) is 16.4. The van der Waals surface area contributed by atoms with Gasteiger partial charge in [-0.2, -0.15) is 5.26 Å². The van der Waals surface area contributed by atoms with Crippen LogP contribution in [0.25, 0.3) is 0 Å². The summed E-state index contributed by atoms with van der Waals surface area (Å²) < 4.78 is 0. The van der Waals surface area contributed by atoms with E-state index in [9.17, 15) is 4.79 Å². The van der Waals surface area contributed by atoms with Gasteiger partial charge in [-0.1, -0.05) is 34.8 Å². The van der Waals surface area contributed by atoms with E-state index in [1.165, 1.54) is 12.1 Å². The molecule has 2 aromatic rings. The van der Waals surface area contributed by atoms with Crippen LogP contribution in [-0.4, -0.2) is 11.6 Å². The van der Waals surface area contributed by atoms with Gasteiger partial charge in [-0.05, 0) is 30.3 Å². The number of rotatable bonds is 1. The van der Waals surface area contributed by atoms with Gasteiger partial charge in [0.25, 0.3) is 5.91 Å². The summed E-state index contributed by atoms with van der Waals surface area (Å²) in [7, 11) is 0. The number of carbonyl (C=O) groups excluding carboxylic acids is 1. The van der Waals surface area contributed by atoms with Gasteiger partial charge in [0.05, 0.1) is 22.0 Å². The van der Waals surface area contributed by atoms with Crippen LogP contribution in [0.5, 0.6) is 0 Å². The third kappa shape index (κ3) is 2.55. The molecule has 0 bridgehead atoms. The van der Waals surface area contributed by atoms with Crippen LogP contribution in [0.1, 0.15) is 11.1 Å². The number of hydrogen-bond acceptors (Lipinski definition) is 3. The number of benzene rings is 2. The normalized spacial score (nSPS) is 14.6. The van der Waals surface area contributed by atoms with Crippen molar-refractivity contribution in [2.45, 2.75) is 0 Å². The molecule has 0 spiro atoms. The molecule has 0 fully saturated rings. The van der Waals surface area contributed by atoms with Gasteiger partial charge in [-0.3, -0.25) is 4.79 Å². The Hall–Kier alpha value is -2.06. The number of nitrogens with one attached hydrogen (secondary N) is 1. The number of nitrogens with zero attached hydrogens (tertiary/aromatic N) is 2. The van der Waals surface area contributed by atoms with Gasteiger partial charge in [0.15, 0.2) is 0 Å². The van der Waals surface area contributed by atoms with E-state index < -0.39 is 5.91 Å². The lowest BCUT2D eigenvalue weighted by molar-refractivity contribution is -0.110.